The number of anilines is 3. The molecule has 4 heteroatoms. The Morgan fingerprint density at radius 1 is 0.561 bits per heavy atom. The second-order valence-corrected chi connectivity index (χ2v) is 15.8. The van der Waals surface area contributed by atoms with Crippen LogP contribution in [-0.2, 0) is 5.41 Å². The lowest BCUT2D eigenvalue weighted by molar-refractivity contribution is 0.443. The van der Waals surface area contributed by atoms with Gasteiger partial charge in [0.1, 0.15) is 17.3 Å². The molecule has 0 amide bonds. The van der Waals surface area contributed by atoms with Crippen LogP contribution in [0.3, 0.4) is 0 Å². The van der Waals surface area contributed by atoms with Crippen molar-refractivity contribution in [1.29, 1.82) is 0 Å². The largest absolute Gasteiger partial charge is 0.455 e. The molecule has 0 fully saturated rings. The monoisotopic (exact) mass is 735 g/mol. The Morgan fingerprint density at radius 2 is 1.26 bits per heavy atom. The number of benzene rings is 8. The van der Waals surface area contributed by atoms with E-state index in [-0.39, 0.29) is 17.6 Å². The zero-order valence-corrected chi connectivity index (χ0v) is 31.9. The maximum absolute atomic E-state index is 6.92. The fourth-order valence-corrected chi connectivity index (χ4v) is 9.29. The van der Waals surface area contributed by atoms with E-state index in [2.05, 4.69) is 217 Å². The van der Waals surface area contributed by atoms with Crippen LogP contribution in [0.15, 0.2) is 192 Å². The Kier molecular flexibility index (Phi) is 7.70. The summed E-state index contributed by atoms with van der Waals surface area (Å²) in [6.07, 6.45) is 2.14. The SMILES string of the molecule is CC1(C)c2ccccc2-c2cc(N(c3ccccc3)c3cc4ccccc4c4oc5ccc(C6NC(c7ccccc7)=CC(c7ccccc7)N6)cc5c34)ccc21. The fourth-order valence-electron chi connectivity index (χ4n) is 9.29. The van der Waals surface area contributed by atoms with Crippen molar-refractivity contribution in [2.24, 2.45) is 0 Å². The summed E-state index contributed by atoms with van der Waals surface area (Å²) in [6.45, 7) is 4.68. The van der Waals surface area contributed by atoms with Crippen LogP contribution in [-0.4, -0.2) is 0 Å². The highest BCUT2D eigenvalue weighted by atomic mass is 16.3. The van der Waals surface area contributed by atoms with Gasteiger partial charge in [0.05, 0.1) is 17.1 Å². The summed E-state index contributed by atoms with van der Waals surface area (Å²) >= 11 is 0. The van der Waals surface area contributed by atoms with Crippen molar-refractivity contribution in [2.75, 3.05) is 4.90 Å². The molecule has 274 valence electrons. The number of hydrogen-bond acceptors (Lipinski definition) is 4. The molecule has 2 atom stereocenters. The Labute approximate surface area is 332 Å². The molecule has 0 bridgehead atoms. The third kappa shape index (κ3) is 5.48. The normalized spacial score (nSPS) is 16.9. The highest BCUT2D eigenvalue weighted by Gasteiger charge is 2.36. The molecule has 57 heavy (non-hydrogen) atoms. The summed E-state index contributed by atoms with van der Waals surface area (Å²) in [6, 6.07) is 65.5. The van der Waals surface area contributed by atoms with Gasteiger partial charge in [-0.3, -0.25) is 5.32 Å². The third-order valence-corrected chi connectivity index (χ3v) is 12.1. The van der Waals surface area contributed by atoms with Crippen LogP contribution in [0, 0.1) is 0 Å². The molecule has 1 aliphatic heterocycles. The second kappa shape index (κ2) is 13.1. The van der Waals surface area contributed by atoms with E-state index in [1.54, 1.807) is 0 Å². The van der Waals surface area contributed by atoms with Crippen LogP contribution < -0.4 is 15.5 Å². The molecule has 9 aromatic rings. The molecule has 2 heterocycles. The van der Waals surface area contributed by atoms with Gasteiger partial charge in [0, 0.05) is 33.3 Å². The summed E-state index contributed by atoms with van der Waals surface area (Å²) in [5.74, 6) is 0. The lowest BCUT2D eigenvalue weighted by atomic mass is 9.82. The highest BCUT2D eigenvalue weighted by Crippen LogP contribution is 2.52. The van der Waals surface area contributed by atoms with Gasteiger partial charge >= 0.3 is 0 Å². The van der Waals surface area contributed by atoms with Crippen molar-refractivity contribution in [3.63, 3.8) is 0 Å². The fraction of sp³-hybridized carbons (Fsp3) is 0.0943. The molecule has 2 aliphatic rings. The number of nitrogens with one attached hydrogen (secondary N) is 2. The van der Waals surface area contributed by atoms with Crippen molar-refractivity contribution < 1.29 is 4.42 Å². The van der Waals surface area contributed by atoms with Crippen LogP contribution >= 0.6 is 0 Å². The minimum Gasteiger partial charge on any atom is -0.455 e. The van der Waals surface area contributed by atoms with Crippen molar-refractivity contribution in [3.05, 3.63) is 216 Å². The first kappa shape index (κ1) is 33.5. The van der Waals surface area contributed by atoms with E-state index >= 15 is 0 Å². The van der Waals surface area contributed by atoms with Gasteiger partial charge in [-0.15, -0.1) is 0 Å². The van der Waals surface area contributed by atoms with Crippen molar-refractivity contribution in [2.45, 2.75) is 31.5 Å². The maximum Gasteiger partial charge on any atom is 0.145 e. The number of furan rings is 1. The van der Waals surface area contributed by atoms with Gasteiger partial charge in [-0.05, 0) is 92.9 Å². The van der Waals surface area contributed by atoms with Crippen LogP contribution in [0.25, 0.3) is 49.5 Å². The quantitative estimate of drug-likeness (QED) is 0.178. The topological polar surface area (TPSA) is 40.4 Å². The number of para-hydroxylation sites is 1. The Morgan fingerprint density at radius 3 is 2.09 bits per heavy atom. The molecular weight excluding hydrogens is 695 g/mol. The van der Waals surface area contributed by atoms with Crippen molar-refractivity contribution >= 4 is 55.5 Å². The zero-order valence-electron chi connectivity index (χ0n) is 31.9. The highest BCUT2D eigenvalue weighted by molar-refractivity contribution is 6.22. The molecule has 11 rings (SSSR count). The first-order chi connectivity index (χ1) is 28.0. The average Bonchev–Trinajstić information content (AvgIpc) is 3.77. The van der Waals surface area contributed by atoms with E-state index in [0.29, 0.717) is 0 Å². The first-order valence-corrected chi connectivity index (χ1v) is 19.8. The second-order valence-electron chi connectivity index (χ2n) is 15.8. The van der Waals surface area contributed by atoms with Crippen LogP contribution in [0.2, 0.25) is 0 Å². The lowest BCUT2D eigenvalue weighted by Crippen LogP contribution is -2.39. The van der Waals surface area contributed by atoms with Gasteiger partial charge in [-0.2, -0.15) is 0 Å². The van der Waals surface area contributed by atoms with Gasteiger partial charge in [-0.25, -0.2) is 0 Å². The molecule has 0 saturated carbocycles. The van der Waals surface area contributed by atoms with Gasteiger partial charge in [0.15, 0.2) is 0 Å². The molecule has 8 aromatic carbocycles. The van der Waals surface area contributed by atoms with E-state index in [9.17, 15) is 0 Å². The van der Waals surface area contributed by atoms with Crippen molar-refractivity contribution in [3.8, 4) is 11.1 Å². The van der Waals surface area contributed by atoms with E-state index < -0.39 is 0 Å². The summed E-state index contributed by atoms with van der Waals surface area (Å²) < 4.78 is 6.92. The molecule has 2 N–H and O–H groups in total. The maximum atomic E-state index is 6.92. The molecular formula is C53H41N3O. The van der Waals surface area contributed by atoms with Gasteiger partial charge in [0.2, 0.25) is 0 Å². The van der Waals surface area contributed by atoms with E-state index in [4.69, 9.17) is 4.42 Å². The predicted octanol–water partition coefficient (Wildman–Crippen LogP) is 13.5. The molecule has 1 aliphatic carbocycles. The molecule has 1 aromatic heterocycles. The summed E-state index contributed by atoms with van der Waals surface area (Å²) in [7, 11) is 0. The number of nitrogens with zero attached hydrogens (tertiary/aromatic N) is 1. The predicted molar refractivity (Wildman–Crippen MR) is 236 cm³/mol. The molecule has 0 radical (unpaired) electrons. The summed E-state index contributed by atoms with van der Waals surface area (Å²) in [4.78, 5) is 2.42. The number of rotatable bonds is 6. The number of fused-ring (bicyclic) bond motifs is 8. The van der Waals surface area contributed by atoms with Gasteiger partial charge in [-0.1, -0.05) is 153 Å². The Balaban J connectivity index is 1.12. The molecule has 2 unspecified atom stereocenters. The summed E-state index contributed by atoms with van der Waals surface area (Å²) in [5, 5.41) is 12.2. The minimum absolute atomic E-state index is 0.0208. The standard InChI is InChI=1S/C53H41N3O/c1-53(2)44-25-15-14-24-41(44)42-32-39(27-28-45(42)53)56(38-21-10-5-11-22-38)48-31-36-20-12-13-23-40(36)51-50(48)43-30-37(26-29-49(43)57-51)52-54-46(34-16-6-3-7-17-34)33-47(55-52)35-18-8-4-9-19-35/h3-33,46,52,54-55H,1-2H3. The zero-order chi connectivity index (χ0) is 38.1. The third-order valence-electron chi connectivity index (χ3n) is 12.1. The first-order valence-electron chi connectivity index (χ1n) is 19.8. The average molecular weight is 736 g/mol. The minimum atomic E-state index is -0.154. The van der Waals surface area contributed by atoms with E-state index in [1.165, 1.54) is 27.8 Å². The van der Waals surface area contributed by atoms with Crippen LogP contribution in [0.4, 0.5) is 17.1 Å². The van der Waals surface area contributed by atoms with Gasteiger partial charge in [0.25, 0.3) is 0 Å². The van der Waals surface area contributed by atoms with E-state index in [0.717, 1.165) is 66.6 Å². The Bertz CT molecular complexity index is 3000. The summed E-state index contributed by atoms with van der Waals surface area (Å²) in [5.41, 5.74) is 14.9. The van der Waals surface area contributed by atoms with Crippen LogP contribution in [0.1, 0.15) is 53.9 Å². The lowest BCUT2D eigenvalue weighted by Gasteiger charge is -2.33. The van der Waals surface area contributed by atoms with Crippen LogP contribution in [0.5, 0.6) is 0 Å². The van der Waals surface area contributed by atoms with Crippen molar-refractivity contribution in [1.82, 2.24) is 10.6 Å². The smallest absolute Gasteiger partial charge is 0.145 e. The van der Waals surface area contributed by atoms with Gasteiger partial charge < -0.3 is 14.6 Å². The van der Waals surface area contributed by atoms with E-state index in [1.807, 2.05) is 0 Å². The number of hydrogen-bond donors (Lipinski definition) is 2. The molecule has 0 spiro atoms. The molecule has 4 nitrogen and oxygen atoms in total. The molecule has 0 saturated heterocycles. The Hall–Kier alpha value is -6.88.